The Hall–Kier alpha value is -1.66. The normalized spacial score (nSPS) is 14.8. The van der Waals surface area contributed by atoms with Gasteiger partial charge in [-0.1, -0.05) is 22.0 Å². The number of hydrogen-bond acceptors (Lipinski definition) is 5. The minimum Gasteiger partial charge on any atom is -0.378 e. The molecule has 0 unspecified atom stereocenters. The van der Waals surface area contributed by atoms with Crippen molar-refractivity contribution in [3.05, 3.63) is 45.3 Å². The molecule has 1 aliphatic heterocycles. The molecule has 0 saturated carbocycles. The highest BCUT2D eigenvalue weighted by Crippen LogP contribution is 2.27. The monoisotopic (exact) mass is 390 g/mol. The highest BCUT2D eigenvalue weighted by atomic mass is 79.9. The fourth-order valence-electron chi connectivity index (χ4n) is 2.90. The van der Waals surface area contributed by atoms with E-state index in [0.29, 0.717) is 0 Å². The van der Waals surface area contributed by atoms with Gasteiger partial charge in [0.1, 0.15) is 11.6 Å². The highest BCUT2D eigenvalue weighted by Gasteiger charge is 2.15. The molecule has 24 heavy (non-hydrogen) atoms. The maximum absolute atomic E-state index is 5.48. The number of morpholine rings is 1. The summed E-state index contributed by atoms with van der Waals surface area (Å²) < 4.78 is 6.57. The standard InChI is InChI=1S/C18H23BrN4O/c1-12-13(2)21-14(3)22-18(12)20-11-15-4-5-16(19)10-17(15)23-6-8-24-9-7-23/h4-5,10H,6-9,11H2,1-3H3,(H,20,21,22). The summed E-state index contributed by atoms with van der Waals surface area (Å²) in [6.07, 6.45) is 0. The van der Waals surface area contributed by atoms with Crippen LogP contribution < -0.4 is 10.2 Å². The number of aryl methyl sites for hydroxylation is 2. The SMILES string of the molecule is Cc1nc(C)c(C)c(NCc2ccc(Br)cc2N2CCOCC2)n1. The topological polar surface area (TPSA) is 50.3 Å². The Labute approximate surface area is 151 Å². The predicted octanol–water partition coefficient (Wildman–Crippen LogP) is 3.61. The van der Waals surface area contributed by atoms with Crippen LogP contribution in [0.3, 0.4) is 0 Å². The first-order chi connectivity index (χ1) is 11.5. The Morgan fingerprint density at radius 1 is 1.17 bits per heavy atom. The molecule has 1 N–H and O–H groups in total. The predicted molar refractivity (Wildman–Crippen MR) is 101 cm³/mol. The number of halogens is 1. The van der Waals surface area contributed by atoms with Crippen molar-refractivity contribution in [2.24, 2.45) is 0 Å². The Kier molecular flexibility index (Phi) is 5.36. The van der Waals surface area contributed by atoms with Crippen molar-refractivity contribution >= 4 is 27.4 Å². The van der Waals surface area contributed by atoms with E-state index >= 15 is 0 Å². The molecule has 2 aromatic rings. The Balaban J connectivity index is 1.82. The maximum atomic E-state index is 5.48. The molecule has 1 aromatic carbocycles. The quantitative estimate of drug-likeness (QED) is 0.863. The maximum Gasteiger partial charge on any atom is 0.133 e. The first kappa shape index (κ1) is 17.2. The molecule has 0 spiro atoms. The van der Waals surface area contributed by atoms with Crippen LogP contribution in [0.15, 0.2) is 22.7 Å². The van der Waals surface area contributed by atoms with Gasteiger partial charge in [0, 0.05) is 41.1 Å². The number of anilines is 2. The van der Waals surface area contributed by atoms with Gasteiger partial charge >= 0.3 is 0 Å². The first-order valence-electron chi connectivity index (χ1n) is 8.21. The van der Waals surface area contributed by atoms with Crippen LogP contribution in [0.2, 0.25) is 0 Å². The van der Waals surface area contributed by atoms with Crippen molar-refractivity contribution in [1.29, 1.82) is 0 Å². The minimum atomic E-state index is 0.733. The van der Waals surface area contributed by atoms with Gasteiger partial charge in [-0.25, -0.2) is 9.97 Å². The van der Waals surface area contributed by atoms with Crippen molar-refractivity contribution in [1.82, 2.24) is 9.97 Å². The summed E-state index contributed by atoms with van der Waals surface area (Å²) in [6.45, 7) is 10.1. The van der Waals surface area contributed by atoms with Crippen molar-refractivity contribution in [2.75, 3.05) is 36.5 Å². The second-order valence-electron chi connectivity index (χ2n) is 6.06. The average molecular weight is 391 g/mol. The van der Waals surface area contributed by atoms with Crippen molar-refractivity contribution in [2.45, 2.75) is 27.3 Å². The summed E-state index contributed by atoms with van der Waals surface area (Å²) in [4.78, 5) is 11.3. The van der Waals surface area contributed by atoms with E-state index in [0.717, 1.165) is 60.2 Å². The molecule has 0 radical (unpaired) electrons. The second kappa shape index (κ2) is 7.49. The summed E-state index contributed by atoms with van der Waals surface area (Å²) >= 11 is 3.59. The lowest BCUT2D eigenvalue weighted by Gasteiger charge is -2.31. The molecular weight excluding hydrogens is 368 g/mol. The number of aromatic nitrogens is 2. The molecule has 0 atom stereocenters. The third-order valence-corrected chi connectivity index (χ3v) is 4.84. The number of nitrogens with one attached hydrogen (secondary N) is 1. The van der Waals surface area contributed by atoms with E-state index in [1.54, 1.807) is 0 Å². The number of benzene rings is 1. The number of rotatable bonds is 4. The van der Waals surface area contributed by atoms with Crippen LogP contribution >= 0.6 is 15.9 Å². The van der Waals surface area contributed by atoms with Gasteiger partial charge in [0.2, 0.25) is 0 Å². The van der Waals surface area contributed by atoms with E-state index < -0.39 is 0 Å². The molecule has 2 heterocycles. The Bertz CT molecular complexity index is 729. The Morgan fingerprint density at radius 3 is 2.67 bits per heavy atom. The second-order valence-corrected chi connectivity index (χ2v) is 6.97. The molecule has 1 aliphatic rings. The van der Waals surface area contributed by atoms with E-state index in [-0.39, 0.29) is 0 Å². The van der Waals surface area contributed by atoms with Gasteiger partial charge in [0.05, 0.1) is 13.2 Å². The molecule has 1 fully saturated rings. The van der Waals surface area contributed by atoms with E-state index in [9.17, 15) is 0 Å². The molecule has 3 rings (SSSR count). The van der Waals surface area contributed by atoms with Crippen molar-refractivity contribution in [3.63, 3.8) is 0 Å². The van der Waals surface area contributed by atoms with E-state index in [4.69, 9.17) is 4.74 Å². The average Bonchev–Trinajstić information content (AvgIpc) is 2.58. The van der Waals surface area contributed by atoms with Gasteiger partial charge in [-0.15, -0.1) is 0 Å². The lowest BCUT2D eigenvalue weighted by Crippen LogP contribution is -2.37. The molecule has 128 valence electrons. The zero-order valence-corrected chi connectivity index (χ0v) is 16.0. The first-order valence-corrected chi connectivity index (χ1v) is 9.00. The lowest BCUT2D eigenvalue weighted by atomic mass is 10.1. The van der Waals surface area contributed by atoms with Crippen molar-refractivity contribution in [3.8, 4) is 0 Å². The summed E-state index contributed by atoms with van der Waals surface area (Å²) in [5.41, 5.74) is 4.63. The number of ether oxygens (including phenoxy) is 1. The van der Waals surface area contributed by atoms with Crippen LogP contribution in [-0.4, -0.2) is 36.3 Å². The minimum absolute atomic E-state index is 0.733. The highest BCUT2D eigenvalue weighted by molar-refractivity contribution is 9.10. The van der Waals surface area contributed by atoms with Crippen LogP contribution in [-0.2, 0) is 11.3 Å². The molecule has 5 nitrogen and oxygen atoms in total. The van der Waals surface area contributed by atoms with Gasteiger partial charge in [-0.05, 0) is 38.5 Å². The molecule has 0 amide bonds. The third kappa shape index (κ3) is 3.87. The Morgan fingerprint density at radius 2 is 1.92 bits per heavy atom. The van der Waals surface area contributed by atoms with Crippen LogP contribution in [0.1, 0.15) is 22.6 Å². The van der Waals surface area contributed by atoms with Gasteiger partial charge in [-0.2, -0.15) is 0 Å². The van der Waals surface area contributed by atoms with Crippen molar-refractivity contribution < 1.29 is 4.74 Å². The third-order valence-electron chi connectivity index (χ3n) is 4.35. The lowest BCUT2D eigenvalue weighted by molar-refractivity contribution is 0.122. The van der Waals surface area contributed by atoms with Gasteiger partial charge in [-0.3, -0.25) is 0 Å². The summed E-state index contributed by atoms with van der Waals surface area (Å²) in [6, 6.07) is 6.44. The van der Waals surface area contributed by atoms with E-state index in [2.05, 4.69) is 61.2 Å². The molecular formula is C18H23BrN4O. The number of nitrogens with zero attached hydrogens (tertiary/aromatic N) is 3. The largest absolute Gasteiger partial charge is 0.378 e. The van der Waals surface area contributed by atoms with Crippen LogP contribution in [0.4, 0.5) is 11.5 Å². The van der Waals surface area contributed by atoms with Gasteiger partial charge < -0.3 is 15.0 Å². The van der Waals surface area contributed by atoms with E-state index in [1.165, 1.54) is 11.3 Å². The zero-order chi connectivity index (χ0) is 17.1. The van der Waals surface area contributed by atoms with Crippen LogP contribution in [0, 0.1) is 20.8 Å². The summed E-state index contributed by atoms with van der Waals surface area (Å²) in [5, 5.41) is 3.49. The molecule has 1 saturated heterocycles. The molecule has 6 heteroatoms. The fourth-order valence-corrected chi connectivity index (χ4v) is 3.25. The van der Waals surface area contributed by atoms with E-state index in [1.807, 2.05) is 13.8 Å². The molecule has 0 aliphatic carbocycles. The fraction of sp³-hybridized carbons (Fsp3) is 0.444. The van der Waals surface area contributed by atoms with Gasteiger partial charge in [0.15, 0.2) is 0 Å². The molecule has 1 aromatic heterocycles. The molecule has 0 bridgehead atoms. The van der Waals surface area contributed by atoms with Crippen LogP contribution in [0.5, 0.6) is 0 Å². The van der Waals surface area contributed by atoms with Crippen LogP contribution in [0.25, 0.3) is 0 Å². The summed E-state index contributed by atoms with van der Waals surface area (Å²) in [5.74, 6) is 1.71. The smallest absolute Gasteiger partial charge is 0.133 e. The summed E-state index contributed by atoms with van der Waals surface area (Å²) in [7, 11) is 0. The zero-order valence-electron chi connectivity index (χ0n) is 14.4. The van der Waals surface area contributed by atoms with Gasteiger partial charge in [0.25, 0.3) is 0 Å². The number of hydrogen-bond donors (Lipinski definition) is 1.